The lowest BCUT2D eigenvalue weighted by molar-refractivity contribution is -0.136. The number of imidazole rings is 1. The normalized spacial score (nSPS) is 10.8. The van der Waals surface area contributed by atoms with E-state index in [-0.39, 0.29) is 6.42 Å². The Morgan fingerprint density at radius 3 is 2.93 bits per heavy atom. The van der Waals surface area contributed by atoms with Crippen LogP contribution in [0.4, 0.5) is 0 Å². The minimum absolute atomic E-state index is 0.0957. The fourth-order valence-electron chi connectivity index (χ4n) is 1.52. The number of para-hydroxylation sites is 1. The minimum atomic E-state index is -0.899. The standard InChI is InChI=1S/C10H9ClN2O2/c1-13-7-4-2-3-6(11)10(7)12-8(13)5-9(14)15/h2-4H,5H2,1H3,(H,14,15). The topological polar surface area (TPSA) is 55.1 Å². The quantitative estimate of drug-likeness (QED) is 0.847. The SMILES string of the molecule is Cn1c(CC(=O)O)nc2c(Cl)cccc21. The summed E-state index contributed by atoms with van der Waals surface area (Å²) in [6, 6.07) is 5.41. The van der Waals surface area contributed by atoms with Gasteiger partial charge in [0.1, 0.15) is 17.8 Å². The molecule has 0 radical (unpaired) electrons. The number of halogens is 1. The molecule has 1 aromatic heterocycles. The minimum Gasteiger partial charge on any atom is -0.481 e. The van der Waals surface area contributed by atoms with Crippen molar-refractivity contribution in [2.45, 2.75) is 6.42 Å². The molecule has 0 unspecified atom stereocenters. The molecule has 0 aliphatic carbocycles. The molecule has 5 heteroatoms. The molecule has 0 saturated heterocycles. The third-order valence-electron chi connectivity index (χ3n) is 2.26. The Bertz CT molecular complexity index is 533. The molecule has 0 saturated carbocycles. The molecular weight excluding hydrogens is 216 g/mol. The molecule has 0 spiro atoms. The Morgan fingerprint density at radius 1 is 1.60 bits per heavy atom. The van der Waals surface area contributed by atoms with Crippen molar-refractivity contribution in [1.82, 2.24) is 9.55 Å². The molecule has 15 heavy (non-hydrogen) atoms. The van der Waals surface area contributed by atoms with E-state index in [1.54, 1.807) is 17.7 Å². The highest BCUT2D eigenvalue weighted by atomic mass is 35.5. The molecule has 1 N–H and O–H groups in total. The first-order valence-electron chi connectivity index (χ1n) is 4.41. The molecule has 2 rings (SSSR count). The number of hydrogen-bond acceptors (Lipinski definition) is 2. The number of carboxylic acids is 1. The lowest BCUT2D eigenvalue weighted by Crippen LogP contribution is -2.06. The number of aryl methyl sites for hydroxylation is 1. The van der Waals surface area contributed by atoms with Crippen molar-refractivity contribution in [2.75, 3.05) is 0 Å². The third-order valence-corrected chi connectivity index (χ3v) is 2.57. The van der Waals surface area contributed by atoms with Crippen molar-refractivity contribution in [3.05, 3.63) is 29.0 Å². The number of nitrogens with zero attached hydrogens (tertiary/aromatic N) is 2. The van der Waals surface area contributed by atoms with Crippen LogP contribution in [-0.2, 0) is 18.3 Å². The molecule has 1 heterocycles. The van der Waals surface area contributed by atoms with Crippen molar-refractivity contribution in [3.63, 3.8) is 0 Å². The number of fused-ring (bicyclic) bond motifs is 1. The number of carboxylic acid groups (broad SMARTS) is 1. The van der Waals surface area contributed by atoms with Gasteiger partial charge in [0, 0.05) is 7.05 Å². The third kappa shape index (κ3) is 1.68. The molecule has 0 bridgehead atoms. The summed E-state index contributed by atoms with van der Waals surface area (Å²) in [4.78, 5) is 14.8. The first-order valence-corrected chi connectivity index (χ1v) is 4.79. The summed E-state index contributed by atoms with van der Waals surface area (Å²) < 4.78 is 1.75. The summed E-state index contributed by atoms with van der Waals surface area (Å²) in [5, 5.41) is 9.24. The fraction of sp³-hybridized carbons (Fsp3) is 0.200. The van der Waals surface area contributed by atoms with Gasteiger partial charge in [-0.3, -0.25) is 4.79 Å². The Morgan fingerprint density at radius 2 is 2.33 bits per heavy atom. The Labute approximate surface area is 91.1 Å². The van der Waals surface area contributed by atoms with Crippen molar-refractivity contribution < 1.29 is 9.90 Å². The zero-order chi connectivity index (χ0) is 11.0. The number of aliphatic carboxylic acids is 1. The van der Waals surface area contributed by atoms with Crippen molar-refractivity contribution >= 4 is 28.6 Å². The largest absolute Gasteiger partial charge is 0.481 e. The predicted octanol–water partition coefficient (Wildman–Crippen LogP) is 1.85. The van der Waals surface area contributed by atoms with Gasteiger partial charge in [0.05, 0.1) is 10.5 Å². The van der Waals surface area contributed by atoms with Gasteiger partial charge in [0.15, 0.2) is 0 Å². The predicted molar refractivity (Wildman–Crippen MR) is 57.1 cm³/mol. The van der Waals surface area contributed by atoms with E-state index in [1.807, 2.05) is 12.1 Å². The molecular formula is C10H9ClN2O2. The van der Waals surface area contributed by atoms with Crippen molar-refractivity contribution in [1.29, 1.82) is 0 Å². The van der Waals surface area contributed by atoms with E-state index in [4.69, 9.17) is 16.7 Å². The molecule has 78 valence electrons. The molecule has 4 nitrogen and oxygen atoms in total. The molecule has 2 aromatic rings. The van der Waals surface area contributed by atoms with Gasteiger partial charge in [0.2, 0.25) is 0 Å². The first kappa shape index (κ1) is 9.98. The van der Waals surface area contributed by atoms with Crippen LogP contribution in [0.25, 0.3) is 11.0 Å². The summed E-state index contributed by atoms with van der Waals surface area (Å²) in [7, 11) is 1.78. The maximum atomic E-state index is 10.6. The van der Waals surface area contributed by atoms with E-state index < -0.39 is 5.97 Å². The monoisotopic (exact) mass is 224 g/mol. The van der Waals surface area contributed by atoms with Gasteiger partial charge >= 0.3 is 5.97 Å². The molecule has 0 aliphatic heterocycles. The van der Waals surface area contributed by atoms with Crippen LogP contribution in [0.1, 0.15) is 5.82 Å². The van der Waals surface area contributed by atoms with Crippen molar-refractivity contribution in [2.24, 2.45) is 7.05 Å². The smallest absolute Gasteiger partial charge is 0.311 e. The number of rotatable bonds is 2. The van der Waals surface area contributed by atoms with E-state index in [9.17, 15) is 4.79 Å². The van der Waals surface area contributed by atoms with Gasteiger partial charge in [-0.2, -0.15) is 0 Å². The van der Waals surface area contributed by atoms with Gasteiger partial charge in [0.25, 0.3) is 0 Å². The second kappa shape index (κ2) is 3.55. The second-order valence-electron chi connectivity index (χ2n) is 3.27. The highest BCUT2D eigenvalue weighted by Gasteiger charge is 2.12. The van der Waals surface area contributed by atoms with E-state index in [0.717, 1.165) is 5.52 Å². The second-order valence-corrected chi connectivity index (χ2v) is 3.67. The number of aromatic nitrogens is 2. The van der Waals surface area contributed by atoms with E-state index in [2.05, 4.69) is 4.98 Å². The van der Waals surface area contributed by atoms with Crippen molar-refractivity contribution in [3.8, 4) is 0 Å². The molecule has 0 atom stereocenters. The zero-order valence-corrected chi connectivity index (χ0v) is 8.82. The zero-order valence-electron chi connectivity index (χ0n) is 8.07. The van der Waals surface area contributed by atoms with Gasteiger partial charge in [-0.1, -0.05) is 17.7 Å². The highest BCUT2D eigenvalue weighted by molar-refractivity contribution is 6.34. The van der Waals surface area contributed by atoms with Crippen LogP contribution in [-0.4, -0.2) is 20.6 Å². The van der Waals surface area contributed by atoms with Gasteiger partial charge in [-0.05, 0) is 12.1 Å². The van der Waals surface area contributed by atoms with Gasteiger partial charge in [-0.15, -0.1) is 0 Å². The highest BCUT2D eigenvalue weighted by Crippen LogP contribution is 2.23. The summed E-state index contributed by atoms with van der Waals surface area (Å²) in [5.41, 5.74) is 1.50. The van der Waals surface area contributed by atoms with E-state index in [0.29, 0.717) is 16.4 Å². The van der Waals surface area contributed by atoms with Crippen LogP contribution in [0.5, 0.6) is 0 Å². The van der Waals surface area contributed by atoms with Crippen LogP contribution in [0, 0.1) is 0 Å². The van der Waals surface area contributed by atoms with E-state index >= 15 is 0 Å². The van der Waals surface area contributed by atoms with Gasteiger partial charge < -0.3 is 9.67 Å². The van der Waals surface area contributed by atoms with E-state index in [1.165, 1.54) is 0 Å². The number of carbonyl (C=O) groups is 1. The Kier molecular flexibility index (Phi) is 2.36. The lowest BCUT2D eigenvalue weighted by Gasteiger charge is -1.98. The summed E-state index contributed by atoms with van der Waals surface area (Å²) in [6.45, 7) is 0. The molecule has 0 amide bonds. The van der Waals surface area contributed by atoms with Crippen LogP contribution in [0.3, 0.4) is 0 Å². The molecule has 0 aliphatic rings. The fourth-order valence-corrected chi connectivity index (χ4v) is 1.73. The Hall–Kier alpha value is -1.55. The number of benzene rings is 1. The Balaban J connectivity index is 2.64. The number of hydrogen-bond donors (Lipinski definition) is 1. The van der Waals surface area contributed by atoms with Crippen LogP contribution >= 0.6 is 11.6 Å². The molecule has 1 aromatic carbocycles. The molecule has 0 fully saturated rings. The summed E-state index contributed by atoms with van der Waals surface area (Å²) in [5.74, 6) is -0.393. The van der Waals surface area contributed by atoms with Crippen LogP contribution < -0.4 is 0 Å². The van der Waals surface area contributed by atoms with Gasteiger partial charge in [-0.25, -0.2) is 4.98 Å². The van der Waals surface area contributed by atoms with Crippen LogP contribution in [0.15, 0.2) is 18.2 Å². The lowest BCUT2D eigenvalue weighted by atomic mass is 10.3. The van der Waals surface area contributed by atoms with Crippen LogP contribution in [0.2, 0.25) is 5.02 Å². The summed E-state index contributed by atoms with van der Waals surface area (Å²) in [6.07, 6.45) is -0.0957. The average molecular weight is 225 g/mol. The maximum absolute atomic E-state index is 10.6. The summed E-state index contributed by atoms with van der Waals surface area (Å²) >= 11 is 5.96. The maximum Gasteiger partial charge on any atom is 0.311 e. The average Bonchev–Trinajstić information content (AvgIpc) is 2.46. The first-order chi connectivity index (χ1) is 7.09.